The Labute approximate surface area is 163 Å². The lowest BCUT2D eigenvalue weighted by atomic mass is 10.2. The van der Waals surface area contributed by atoms with Gasteiger partial charge in [-0.3, -0.25) is 4.79 Å². The van der Waals surface area contributed by atoms with Gasteiger partial charge >= 0.3 is 0 Å². The van der Waals surface area contributed by atoms with E-state index in [1.165, 1.54) is 11.8 Å². The fourth-order valence-corrected chi connectivity index (χ4v) is 3.33. The van der Waals surface area contributed by atoms with Crippen molar-refractivity contribution < 1.29 is 13.9 Å². The summed E-state index contributed by atoms with van der Waals surface area (Å²) < 4.78 is 11.8. The quantitative estimate of drug-likeness (QED) is 0.571. The zero-order chi connectivity index (χ0) is 18.5. The van der Waals surface area contributed by atoms with Gasteiger partial charge in [0.1, 0.15) is 5.75 Å². The second-order valence-electron chi connectivity index (χ2n) is 5.30. The van der Waals surface area contributed by atoms with E-state index in [9.17, 15) is 4.79 Å². The molecule has 2 aromatic carbocycles. The number of benzene rings is 2. The fraction of sp³-hybridized carbons (Fsp3) is 0.167. The first kappa shape index (κ1) is 18.5. The summed E-state index contributed by atoms with van der Waals surface area (Å²) in [6, 6.07) is 14.8. The van der Waals surface area contributed by atoms with Crippen molar-refractivity contribution >= 4 is 39.3 Å². The zero-order valence-corrected chi connectivity index (χ0v) is 16.5. The van der Waals surface area contributed by atoms with E-state index in [0.717, 1.165) is 10.0 Å². The van der Waals surface area contributed by atoms with E-state index in [0.29, 0.717) is 22.6 Å². The number of carbonyl (C=O) groups is 1. The Kier molecular flexibility index (Phi) is 5.95. The number of halogens is 1. The van der Waals surface area contributed by atoms with E-state index in [4.69, 9.17) is 9.15 Å². The lowest BCUT2D eigenvalue weighted by molar-refractivity contribution is -0.115. The number of hydrogen-bond donors (Lipinski definition) is 1. The molecule has 1 amide bonds. The van der Waals surface area contributed by atoms with Crippen molar-refractivity contribution in [2.24, 2.45) is 0 Å². The van der Waals surface area contributed by atoms with Crippen LogP contribution in [0.15, 0.2) is 62.6 Å². The summed E-state index contributed by atoms with van der Waals surface area (Å²) in [5.74, 6) is 0.824. The Hall–Kier alpha value is -2.32. The van der Waals surface area contributed by atoms with Gasteiger partial charge in [0, 0.05) is 4.47 Å². The summed E-state index contributed by atoms with van der Waals surface area (Å²) in [5, 5.41) is 10.8. The maximum Gasteiger partial charge on any atom is 0.277 e. The molecule has 1 heterocycles. The summed E-state index contributed by atoms with van der Waals surface area (Å²) in [6.45, 7) is 1.78. The predicted octanol–water partition coefficient (Wildman–Crippen LogP) is 4.63. The molecule has 0 saturated carbocycles. The van der Waals surface area contributed by atoms with Gasteiger partial charge in [0.25, 0.3) is 5.22 Å². The molecule has 0 saturated heterocycles. The summed E-state index contributed by atoms with van der Waals surface area (Å²) in [6.07, 6.45) is 0. The summed E-state index contributed by atoms with van der Waals surface area (Å²) in [7, 11) is 1.56. The molecule has 1 atom stereocenters. The van der Waals surface area contributed by atoms with Gasteiger partial charge in [0.15, 0.2) is 0 Å². The Morgan fingerprint density at radius 2 is 1.92 bits per heavy atom. The lowest BCUT2D eigenvalue weighted by Gasteiger charge is -2.12. The minimum Gasteiger partial charge on any atom is -0.495 e. The molecule has 1 N–H and O–H groups in total. The number of carbonyl (C=O) groups excluding carboxylic acids is 1. The van der Waals surface area contributed by atoms with Crippen LogP contribution in [0.2, 0.25) is 0 Å². The van der Waals surface area contributed by atoms with Crippen LogP contribution in [-0.2, 0) is 4.79 Å². The highest BCUT2D eigenvalue weighted by Crippen LogP contribution is 2.31. The molecule has 0 aliphatic heterocycles. The minimum atomic E-state index is -0.424. The van der Waals surface area contributed by atoms with Crippen LogP contribution in [0.1, 0.15) is 6.92 Å². The molecule has 134 valence electrons. The SMILES string of the molecule is COc1ccccc1NC(=O)[C@@H](C)Sc1nnc(-c2ccccc2Br)o1. The van der Waals surface area contributed by atoms with Gasteiger partial charge < -0.3 is 14.5 Å². The first-order valence-electron chi connectivity index (χ1n) is 7.77. The summed E-state index contributed by atoms with van der Waals surface area (Å²) in [5.41, 5.74) is 1.42. The van der Waals surface area contributed by atoms with Crippen LogP contribution in [0, 0.1) is 0 Å². The van der Waals surface area contributed by atoms with E-state index in [1.807, 2.05) is 36.4 Å². The highest BCUT2D eigenvalue weighted by atomic mass is 79.9. The van der Waals surface area contributed by atoms with Gasteiger partial charge in [0.05, 0.1) is 23.6 Å². The number of methoxy groups -OCH3 is 1. The average molecular weight is 434 g/mol. The van der Waals surface area contributed by atoms with Crippen molar-refractivity contribution in [2.75, 3.05) is 12.4 Å². The van der Waals surface area contributed by atoms with Crippen LogP contribution >= 0.6 is 27.7 Å². The highest BCUT2D eigenvalue weighted by molar-refractivity contribution is 9.10. The summed E-state index contributed by atoms with van der Waals surface area (Å²) >= 11 is 4.65. The van der Waals surface area contributed by atoms with E-state index in [1.54, 1.807) is 26.2 Å². The average Bonchev–Trinajstić information content (AvgIpc) is 3.10. The number of aromatic nitrogens is 2. The number of hydrogen-bond acceptors (Lipinski definition) is 6. The number of amides is 1. The monoisotopic (exact) mass is 433 g/mol. The third kappa shape index (κ3) is 4.25. The molecule has 6 nitrogen and oxygen atoms in total. The van der Waals surface area contributed by atoms with Gasteiger partial charge in [-0.05, 0) is 47.1 Å². The first-order valence-corrected chi connectivity index (χ1v) is 9.44. The van der Waals surface area contributed by atoms with Crippen LogP contribution in [0.4, 0.5) is 5.69 Å². The molecule has 3 aromatic rings. The maximum atomic E-state index is 12.4. The topological polar surface area (TPSA) is 77.2 Å². The number of thioether (sulfide) groups is 1. The van der Waals surface area contributed by atoms with Crippen molar-refractivity contribution in [1.82, 2.24) is 10.2 Å². The molecule has 0 bridgehead atoms. The van der Waals surface area contributed by atoms with E-state index >= 15 is 0 Å². The molecule has 8 heteroatoms. The number of para-hydroxylation sites is 2. The van der Waals surface area contributed by atoms with Gasteiger partial charge in [-0.1, -0.05) is 36.0 Å². The normalized spacial score (nSPS) is 11.8. The molecule has 3 rings (SSSR count). The van der Waals surface area contributed by atoms with Crippen LogP contribution in [0.5, 0.6) is 5.75 Å². The molecule has 0 aliphatic carbocycles. The van der Waals surface area contributed by atoms with Crippen molar-refractivity contribution in [3.8, 4) is 17.2 Å². The summed E-state index contributed by atoms with van der Waals surface area (Å²) in [4.78, 5) is 12.4. The predicted molar refractivity (Wildman–Crippen MR) is 104 cm³/mol. The molecule has 1 aromatic heterocycles. The molecule has 0 spiro atoms. The minimum absolute atomic E-state index is 0.180. The Morgan fingerprint density at radius 3 is 2.69 bits per heavy atom. The van der Waals surface area contributed by atoms with Gasteiger partial charge in [-0.15, -0.1) is 10.2 Å². The van der Waals surface area contributed by atoms with Gasteiger partial charge in [0.2, 0.25) is 11.8 Å². The number of anilines is 1. The number of rotatable bonds is 6. The molecule has 0 radical (unpaired) electrons. The highest BCUT2D eigenvalue weighted by Gasteiger charge is 2.20. The molecule has 0 unspecified atom stereocenters. The Balaban J connectivity index is 1.67. The lowest BCUT2D eigenvalue weighted by Crippen LogP contribution is -2.22. The largest absolute Gasteiger partial charge is 0.495 e. The maximum absolute atomic E-state index is 12.4. The van der Waals surface area contributed by atoms with Crippen LogP contribution < -0.4 is 10.1 Å². The van der Waals surface area contributed by atoms with Crippen molar-refractivity contribution in [3.05, 3.63) is 53.0 Å². The number of ether oxygens (including phenoxy) is 1. The van der Waals surface area contributed by atoms with E-state index < -0.39 is 5.25 Å². The fourth-order valence-electron chi connectivity index (χ4n) is 2.19. The Bertz CT molecular complexity index is 916. The molecule has 0 aliphatic rings. The van der Waals surface area contributed by atoms with Gasteiger partial charge in [-0.2, -0.15) is 0 Å². The van der Waals surface area contributed by atoms with Crippen molar-refractivity contribution in [1.29, 1.82) is 0 Å². The Morgan fingerprint density at radius 1 is 1.19 bits per heavy atom. The van der Waals surface area contributed by atoms with Gasteiger partial charge in [-0.25, -0.2) is 0 Å². The van der Waals surface area contributed by atoms with E-state index in [2.05, 4.69) is 31.4 Å². The van der Waals surface area contributed by atoms with Crippen LogP contribution in [0.25, 0.3) is 11.5 Å². The zero-order valence-electron chi connectivity index (χ0n) is 14.1. The van der Waals surface area contributed by atoms with Crippen LogP contribution in [0.3, 0.4) is 0 Å². The third-order valence-electron chi connectivity index (χ3n) is 3.52. The standard InChI is InChI=1S/C18H16BrN3O3S/c1-11(16(23)20-14-9-5-6-10-15(14)24-2)26-18-22-21-17(25-18)12-7-3-4-8-13(12)19/h3-11H,1-2H3,(H,20,23)/t11-/m1/s1. The van der Waals surface area contributed by atoms with Crippen LogP contribution in [-0.4, -0.2) is 28.5 Å². The molecular weight excluding hydrogens is 418 g/mol. The second kappa shape index (κ2) is 8.37. The first-order chi connectivity index (χ1) is 12.6. The van der Waals surface area contributed by atoms with E-state index in [-0.39, 0.29) is 5.91 Å². The third-order valence-corrected chi connectivity index (χ3v) is 5.15. The second-order valence-corrected chi connectivity index (χ2v) is 7.45. The van der Waals surface area contributed by atoms with Crippen molar-refractivity contribution in [3.63, 3.8) is 0 Å². The molecule has 26 heavy (non-hydrogen) atoms. The molecule has 0 fully saturated rings. The molecular formula is C18H16BrN3O3S. The number of nitrogens with one attached hydrogen (secondary N) is 1. The number of nitrogens with zero attached hydrogens (tertiary/aromatic N) is 2. The van der Waals surface area contributed by atoms with Crippen molar-refractivity contribution in [2.45, 2.75) is 17.4 Å². The smallest absolute Gasteiger partial charge is 0.277 e.